The molecule has 0 radical (unpaired) electrons. The minimum absolute atomic E-state index is 0.233. The van der Waals surface area contributed by atoms with Crippen LogP contribution in [0.4, 0.5) is 0 Å². The van der Waals surface area contributed by atoms with Crippen LogP contribution in [0.2, 0.25) is 0 Å². The number of fused-ring (bicyclic) bond motifs is 6. The van der Waals surface area contributed by atoms with Gasteiger partial charge in [0.25, 0.3) is 0 Å². The predicted octanol–water partition coefficient (Wildman–Crippen LogP) is 16.2. The second kappa shape index (κ2) is 17.3. The summed E-state index contributed by atoms with van der Waals surface area (Å²) in [6, 6.07) is 75.7. The Kier molecular flexibility index (Phi) is 10.4. The molecule has 10 aromatic rings. The van der Waals surface area contributed by atoms with E-state index in [9.17, 15) is 0 Å². The predicted molar refractivity (Wildman–Crippen MR) is 278 cm³/mol. The van der Waals surface area contributed by atoms with Gasteiger partial charge in [-0.25, -0.2) is 15.0 Å². The lowest BCUT2D eigenvalue weighted by Gasteiger charge is -2.25. The number of furan rings is 1. The Hall–Kier alpha value is -8.21. The van der Waals surface area contributed by atoms with Crippen molar-refractivity contribution in [3.63, 3.8) is 0 Å². The van der Waals surface area contributed by atoms with Crippen molar-refractivity contribution in [2.24, 2.45) is 9.98 Å². The fourth-order valence-corrected chi connectivity index (χ4v) is 10.3. The van der Waals surface area contributed by atoms with E-state index in [0.29, 0.717) is 5.84 Å². The van der Waals surface area contributed by atoms with Crippen molar-refractivity contribution in [1.82, 2.24) is 4.98 Å². The van der Waals surface area contributed by atoms with Crippen LogP contribution in [0.3, 0.4) is 0 Å². The average Bonchev–Trinajstić information content (AvgIpc) is 3.71. The van der Waals surface area contributed by atoms with Gasteiger partial charge >= 0.3 is 0 Å². The van der Waals surface area contributed by atoms with E-state index >= 15 is 0 Å². The van der Waals surface area contributed by atoms with Gasteiger partial charge in [0.2, 0.25) is 0 Å². The van der Waals surface area contributed by atoms with E-state index in [1.54, 1.807) is 0 Å². The van der Waals surface area contributed by atoms with E-state index in [1.165, 1.54) is 33.4 Å². The van der Waals surface area contributed by atoms with E-state index in [4.69, 9.17) is 19.4 Å². The number of nitrogens with zero attached hydrogens (tertiary/aromatic N) is 3. The van der Waals surface area contributed by atoms with Crippen LogP contribution in [0.5, 0.6) is 0 Å². The smallest absolute Gasteiger partial charge is 0.160 e. The molecule has 0 bridgehead atoms. The third-order valence-corrected chi connectivity index (χ3v) is 13.7. The van der Waals surface area contributed by atoms with Crippen LogP contribution >= 0.6 is 0 Å². The molecule has 2 unspecified atom stereocenters. The van der Waals surface area contributed by atoms with Crippen molar-refractivity contribution in [2.75, 3.05) is 0 Å². The van der Waals surface area contributed by atoms with Crippen LogP contribution in [-0.4, -0.2) is 16.5 Å². The van der Waals surface area contributed by atoms with Gasteiger partial charge in [-0.1, -0.05) is 189 Å². The standard InChI is InChI=1S/C63H47N3O/c1-41-50-34-32-46(36-54(50)51-27-15-14-26-48(51)38-53(41)49-39-58(43-20-8-3-9-21-43)64-59(40-49)44-22-10-4-11-23-44)47-33-35-60-55(37-47)62-52(28-16-31-61(62)67-60)57-30-17-29-56(42-18-6-2-7-19-42)65-63(66-57)45-24-12-5-13-25-45/h2-16,18-28,30-37,39-41,53H,17,29,38H2,1H3. The van der Waals surface area contributed by atoms with Gasteiger partial charge in [0, 0.05) is 33.0 Å². The van der Waals surface area contributed by atoms with Crippen LogP contribution in [0.1, 0.15) is 65.0 Å². The molecule has 2 aromatic heterocycles. The summed E-state index contributed by atoms with van der Waals surface area (Å²) in [5.74, 6) is 1.17. The van der Waals surface area contributed by atoms with Crippen molar-refractivity contribution in [3.8, 4) is 44.8 Å². The summed E-state index contributed by atoms with van der Waals surface area (Å²) in [6.45, 7) is 2.41. The molecule has 1 aliphatic heterocycles. The van der Waals surface area contributed by atoms with E-state index in [1.807, 2.05) is 24.3 Å². The summed E-state index contributed by atoms with van der Waals surface area (Å²) in [6.07, 6.45) is 4.81. The Labute approximate surface area is 391 Å². The van der Waals surface area contributed by atoms with Crippen LogP contribution in [0.25, 0.3) is 72.4 Å². The van der Waals surface area contributed by atoms with Gasteiger partial charge in [0.05, 0.1) is 22.8 Å². The summed E-state index contributed by atoms with van der Waals surface area (Å²) in [5.41, 5.74) is 20.0. The van der Waals surface area contributed by atoms with Crippen molar-refractivity contribution in [2.45, 2.75) is 38.0 Å². The molecule has 0 fully saturated rings. The second-order valence-electron chi connectivity index (χ2n) is 17.8. The maximum Gasteiger partial charge on any atom is 0.160 e. The van der Waals surface area contributed by atoms with Crippen LogP contribution < -0.4 is 0 Å². The molecule has 0 N–H and O–H groups in total. The molecule has 0 saturated heterocycles. The highest BCUT2D eigenvalue weighted by atomic mass is 16.3. The first-order valence-electron chi connectivity index (χ1n) is 23.4. The molecule has 0 amide bonds. The molecule has 0 spiro atoms. The van der Waals surface area contributed by atoms with Gasteiger partial charge in [0.15, 0.2) is 5.84 Å². The normalized spacial score (nSPS) is 15.9. The van der Waals surface area contributed by atoms with Gasteiger partial charge in [-0.2, -0.15) is 0 Å². The zero-order valence-corrected chi connectivity index (χ0v) is 37.3. The quantitative estimate of drug-likeness (QED) is 0.160. The molecular weight excluding hydrogens is 815 g/mol. The van der Waals surface area contributed by atoms with Crippen LogP contribution in [0.15, 0.2) is 233 Å². The Morgan fingerprint density at radius 2 is 1.09 bits per heavy atom. The molecule has 8 aromatic carbocycles. The summed E-state index contributed by atoms with van der Waals surface area (Å²) in [4.78, 5) is 15.9. The van der Waals surface area contributed by atoms with Crippen molar-refractivity contribution in [3.05, 3.63) is 252 Å². The highest BCUT2D eigenvalue weighted by molar-refractivity contribution is 6.16. The SMILES string of the molecule is CC1c2ccc(-c3ccc4oc5cccc(C6=CCCC(c7ccccc7)=NC(c7ccccc7)=N6)c5c4c3)cc2-c2ccccc2CC1c1cc(-c2ccccc2)nc(-c2ccccc2)c1. The van der Waals surface area contributed by atoms with E-state index in [0.717, 1.165) is 97.4 Å². The topological polar surface area (TPSA) is 50.8 Å². The molecular formula is C63H47N3O. The maximum atomic E-state index is 6.60. The van der Waals surface area contributed by atoms with Crippen LogP contribution in [-0.2, 0) is 6.42 Å². The van der Waals surface area contributed by atoms with Crippen molar-refractivity contribution < 1.29 is 4.42 Å². The largest absolute Gasteiger partial charge is 0.456 e. The van der Waals surface area contributed by atoms with E-state index in [-0.39, 0.29) is 11.8 Å². The Bertz CT molecular complexity index is 3490. The molecule has 4 nitrogen and oxygen atoms in total. The third kappa shape index (κ3) is 7.71. The zero-order chi connectivity index (χ0) is 44.7. The number of pyridine rings is 1. The molecule has 3 heterocycles. The van der Waals surface area contributed by atoms with E-state index < -0.39 is 0 Å². The first-order chi connectivity index (χ1) is 33.1. The lowest BCUT2D eigenvalue weighted by Crippen LogP contribution is -2.11. The summed E-state index contributed by atoms with van der Waals surface area (Å²) in [7, 11) is 0. The summed E-state index contributed by atoms with van der Waals surface area (Å²) < 4.78 is 6.60. The number of amidine groups is 1. The summed E-state index contributed by atoms with van der Waals surface area (Å²) >= 11 is 0. The monoisotopic (exact) mass is 861 g/mol. The number of hydrogen-bond acceptors (Lipinski definition) is 4. The Morgan fingerprint density at radius 3 is 1.81 bits per heavy atom. The zero-order valence-electron chi connectivity index (χ0n) is 37.3. The molecule has 0 saturated carbocycles. The number of benzene rings is 8. The van der Waals surface area contributed by atoms with Gasteiger partial charge in [-0.15, -0.1) is 0 Å². The average molecular weight is 862 g/mol. The van der Waals surface area contributed by atoms with Crippen molar-refractivity contribution >= 4 is 39.2 Å². The van der Waals surface area contributed by atoms with Crippen LogP contribution in [0, 0.1) is 0 Å². The fourth-order valence-electron chi connectivity index (χ4n) is 10.3. The molecule has 2 aliphatic rings. The van der Waals surface area contributed by atoms with E-state index in [2.05, 4.69) is 201 Å². The molecule has 320 valence electrons. The molecule has 12 rings (SSSR count). The Balaban J connectivity index is 0.956. The highest BCUT2D eigenvalue weighted by Crippen LogP contribution is 2.48. The second-order valence-corrected chi connectivity index (χ2v) is 17.8. The lowest BCUT2D eigenvalue weighted by molar-refractivity contribution is 0.579. The first kappa shape index (κ1) is 40.3. The first-order valence-corrected chi connectivity index (χ1v) is 23.4. The molecule has 1 aliphatic carbocycles. The highest BCUT2D eigenvalue weighted by Gasteiger charge is 2.30. The number of aromatic nitrogens is 1. The number of aliphatic imine (C=N–C) groups is 2. The van der Waals surface area contributed by atoms with Gasteiger partial charge in [0.1, 0.15) is 11.2 Å². The minimum Gasteiger partial charge on any atom is -0.456 e. The van der Waals surface area contributed by atoms with Gasteiger partial charge in [-0.3, -0.25) is 0 Å². The van der Waals surface area contributed by atoms with Gasteiger partial charge < -0.3 is 4.42 Å². The maximum absolute atomic E-state index is 6.60. The number of allylic oxidation sites excluding steroid dienone is 1. The van der Waals surface area contributed by atoms with Crippen molar-refractivity contribution in [1.29, 1.82) is 0 Å². The summed E-state index contributed by atoms with van der Waals surface area (Å²) in [5, 5.41) is 2.13. The number of rotatable bonds is 7. The molecule has 67 heavy (non-hydrogen) atoms. The minimum atomic E-state index is 0.233. The molecule has 2 atom stereocenters. The van der Waals surface area contributed by atoms with Gasteiger partial charge in [-0.05, 0) is 112 Å². The lowest BCUT2D eigenvalue weighted by atomic mass is 9.79. The fraction of sp³-hybridized carbons (Fsp3) is 0.0952. The number of hydrogen-bond donors (Lipinski definition) is 0. The molecule has 4 heteroatoms. The Morgan fingerprint density at radius 1 is 0.478 bits per heavy atom. The third-order valence-electron chi connectivity index (χ3n) is 13.7.